The SMILES string of the molecule is Cc1ccccc1-c1nnn(CC2CCOC2)n1. The molecule has 0 saturated carbocycles. The molecule has 5 nitrogen and oxygen atoms in total. The molecule has 0 bridgehead atoms. The highest BCUT2D eigenvalue weighted by molar-refractivity contribution is 5.58. The van der Waals surface area contributed by atoms with Gasteiger partial charge < -0.3 is 4.74 Å². The zero-order valence-electron chi connectivity index (χ0n) is 10.4. The number of aromatic nitrogens is 4. The van der Waals surface area contributed by atoms with Gasteiger partial charge >= 0.3 is 0 Å². The van der Waals surface area contributed by atoms with Crippen LogP contribution in [0.15, 0.2) is 24.3 Å². The lowest BCUT2D eigenvalue weighted by molar-refractivity contribution is 0.180. The minimum atomic E-state index is 0.518. The molecule has 1 atom stereocenters. The van der Waals surface area contributed by atoms with Crippen molar-refractivity contribution < 1.29 is 4.74 Å². The summed E-state index contributed by atoms with van der Waals surface area (Å²) in [6.07, 6.45) is 1.08. The van der Waals surface area contributed by atoms with Crippen molar-refractivity contribution >= 4 is 0 Å². The van der Waals surface area contributed by atoms with Crippen molar-refractivity contribution in [3.8, 4) is 11.4 Å². The Bertz CT molecular complexity index is 531. The molecule has 1 unspecified atom stereocenters. The Kier molecular flexibility index (Phi) is 3.06. The van der Waals surface area contributed by atoms with E-state index in [-0.39, 0.29) is 0 Å². The fraction of sp³-hybridized carbons (Fsp3) is 0.462. The number of aryl methyl sites for hydroxylation is 1. The van der Waals surface area contributed by atoms with Crippen molar-refractivity contribution in [3.63, 3.8) is 0 Å². The zero-order valence-corrected chi connectivity index (χ0v) is 10.4. The van der Waals surface area contributed by atoms with Gasteiger partial charge in [0.15, 0.2) is 0 Å². The number of nitrogens with zero attached hydrogens (tertiary/aromatic N) is 4. The predicted octanol–water partition coefficient (Wildman–Crippen LogP) is 1.69. The Morgan fingerprint density at radius 1 is 1.39 bits per heavy atom. The molecule has 0 N–H and O–H groups in total. The van der Waals surface area contributed by atoms with E-state index in [9.17, 15) is 0 Å². The van der Waals surface area contributed by atoms with E-state index in [1.807, 2.05) is 18.2 Å². The molecule has 0 radical (unpaired) electrons. The fourth-order valence-electron chi connectivity index (χ4n) is 2.21. The van der Waals surface area contributed by atoms with Crippen molar-refractivity contribution in [2.45, 2.75) is 19.9 Å². The maximum absolute atomic E-state index is 5.35. The molecular formula is C13H16N4O. The third-order valence-electron chi connectivity index (χ3n) is 3.28. The first kappa shape index (κ1) is 11.3. The van der Waals surface area contributed by atoms with Crippen LogP contribution in [0.2, 0.25) is 0 Å². The second kappa shape index (κ2) is 4.86. The lowest BCUT2D eigenvalue weighted by Gasteiger charge is -2.04. The molecule has 2 heterocycles. The minimum absolute atomic E-state index is 0.518. The van der Waals surface area contributed by atoms with Crippen molar-refractivity contribution in [3.05, 3.63) is 29.8 Å². The van der Waals surface area contributed by atoms with Gasteiger partial charge in [-0.3, -0.25) is 0 Å². The van der Waals surface area contributed by atoms with Crippen LogP contribution in [0.25, 0.3) is 11.4 Å². The predicted molar refractivity (Wildman–Crippen MR) is 66.9 cm³/mol. The summed E-state index contributed by atoms with van der Waals surface area (Å²) in [6, 6.07) is 8.09. The van der Waals surface area contributed by atoms with Gasteiger partial charge in [0.1, 0.15) is 0 Å². The Morgan fingerprint density at radius 2 is 2.28 bits per heavy atom. The highest BCUT2D eigenvalue weighted by atomic mass is 16.5. The van der Waals surface area contributed by atoms with Crippen LogP contribution in [0.4, 0.5) is 0 Å². The average molecular weight is 244 g/mol. The van der Waals surface area contributed by atoms with Gasteiger partial charge in [-0.1, -0.05) is 24.3 Å². The molecule has 1 fully saturated rings. The van der Waals surface area contributed by atoms with Crippen LogP contribution in [-0.4, -0.2) is 33.4 Å². The maximum atomic E-state index is 5.35. The van der Waals surface area contributed by atoms with Gasteiger partial charge in [-0.2, -0.15) is 4.80 Å². The standard InChI is InChI=1S/C13H16N4O/c1-10-4-2-3-5-12(10)13-14-16-17(15-13)8-11-6-7-18-9-11/h2-5,11H,6-9H2,1H3. The number of benzene rings is 1. The van der Waals surface area contributed by atoms with E-state index < -0.39 is 0 Å². The summed E-state index contributed by atoms with van der Waals surface area (Å²) >= 11 is 0. The molecule has 18 heavy (non-hydrogen) atoms. The summed E-state index contributed by atoms with van der Waals surface area (Å²) in [7, 11) is 0. The summed E-state index contributed by atoms with van der Waals surface area (Å²) in [5.41, 5.74) is 2.22. The highest BCUT2D eigenvalue weighted by Crippen LogP contribution is 2.19. The zero-order chi connectivity index (χ0) is 12.4. The van der Waals surface area contributed by atoms with E-state index in [0.717, 1.165) is 31.7 Å². The lowest BCUT2D eigenvalue weighted by Crippen LogP contribution is -2.13. The van der Waals surface area contributed by atoms with E-state index in [1.165, 1.54) is 5.56 Å². The minimum Gasteiger partial charge on any atom is -0.381 e. The summed E-state index contributed by atoms with van der Waals surface area (Å²) in [4.78, 5) is 1.68. The van der Waals surface area contributed by atoms with Crippen LogP contribution in [0, 0.1) is 12.8 Å². The molecule has 1 aliphatic rings. The summed E-state index contributed by atoms with van der Waals surface area (Å²) in [5.74, 6) is 1.22. The van der Waals surface area contributed by atoms with Gasteiger partial charge in [0.2, 0.25) is 5.82 Å². The van der Waals surface area contributed by atoms with Crippen molar-refractivity contribution in [1.82, 2.24) is 20.2 Å². The van der Waals surface area contributed by atoms with Crippen LogP contribution in [0.5, 0.6) is 0 Å². The van der Waals surface area contributed by atoms with Crippen molar-refractivity contribution in [1.29, 1.82) is 0 Å². The van der Waals surface area contributed by atoms with E-state index >= 15 is 0 Å². The number of hydrogen-bond acceptors (Lipinski definition) is 4. The monoisotopic (exact) mass is 244 g/mol. The van der Waals surface area contributed by atoms with Crippen LogP contribution in [0.1, 0.15) is 12.0 Å². The lowest BCUT2D eigenvalue weighted by atomic mass is 10.1. The third kappa shape index (κ3) is 2.26. The van der Waals surface area contributed by atoms with Crippen molar-refractivity contribution in [2.24, 2.45) is 5.92 Å². The van der Waals surface area contributed by atoms with E-state index in [2.05, 4.69) is 28.4 Å². The normalized spacial score (nSPS) is 19.3. The molecule has 1 aromatic heterocycles. The quantitative estimate of drug-likeness (QED) is 0.824. The molecule has 3 rings (SSSR count). The van der Waals surface area contributed by atoms with E-state index in [4.69, 9.17) is 4.74 Å². The average Bonchev–Trinajstić information content (AvgIpc) is 3.02. The molecule has 1 aliphatic heterocycles. The van der Waals surface area contributed by atoms with Gasteiger partial charge in [-0.05, 0) is 24.1 Å². The van der Waals surface area contributed by atoms with E-state index in [0.29, 0.717) is 11.7 Å². The molecule has 5 heteroatoms. The van der Waals surface area contributed by atoms with Crippen molar-refractivity contribution in [2.75, 3.05) is 13.2 Å². The van der Waals surface area contributed by atoms with Crippen LogP contribution < -0.4 is 0 Å². The highest BCUT2D eigenvalue weighted by Gasteiger charge is 2.18. The van der Waals surface area contributed by atoms with Gasteiger partial charge in [0.05, 0.1) is 13.2 Å². The second-order valence-corrected chi connectivity index (χ2v) is 4.71. The first-order chi connectivity index (χ1) is 8.83. The molecule has 1 aromatic carbocycles. The Morgan fingerprint density at radius 3 is 3.06 bits per heavy atom. The second-order valence-electron chi connectivity index (χ2n) is 4.71. The smallest absolute Gasteiger partial charge is 0.205 e. The Labute approximate surface area is 106 Å². The van der Waals surface area contributed by atoms with Gasteiger partial charge in [-0.25, -0.2) is 0 Å². The third-order valence-corrected chi connectivity index (χ3v) is 3.28. The molecule has 0 amide bonds. The van der Waals surface area contributed by atoms with Gasteiger partial charge in [-0.15, -0.1) is 10.2 Å². The summed E-state index contributed by atoms with van der Waals surface area (Å²) in [6.45, 7) is 4.50. The summed E-state index contributed by atoms with van der Waals surface area (Å²) in [5, 5.41) is 12.7. The first-order valence-corrected chi connectivity index (χ1v) is 6.24. The van der Waals surface area contributed by atoms with Gasteiger partial charge in [0.25, 0.3) is 0 Å². The number of tetrazole rings is 1. The number of ether oxygens (including phenoxy) is 1. The molecule has 1 saturated heterocycles. The molecule has 0 aliphatic carbocycles. The number of rotatable bonds is 3. The van der Waals surface area contributed by atoms with Crippen LogP contribution in [0.3, 0.4) is 0 Å². The Hall–Kier alpha value is -1.75. The summed E-state index contributed by atoms with van der Waals surface area (Å²) < 4.78 is 5.35. The molecular weight excluding hydrogens is 228 g/mol. The number of hydrogen-bond donors (Lipinski definition) is 0. The Balaban J connectivity index is 1.79. The van der Waals surface area contributed by atoms with E-state index in [1.54, 1.807) is 4.80 Å². The fourth-order valence-corrected chi connectivity index (χ4v) is 2.21. The van der Waals surface area contributed by atoms with Gasteiger partial charge in [0, 0.05) is 18.1 Å². The van der Waals surface area contributed by atoms with Crippen LogP contribution in [-0.2, 0) is 11.3 Å². The first-order valence-electron chi connectivity index (χ1n) is 6.24. The maximum Gasteiger partial charge on any atom is 0.205 e. The van der Waals surface area contributed by atoms with Crippen LogP contribution >= 0.6 is 0 Å². The topological polar surface area (TPSA) is 52.8 Å². The largest absolute Gasteiger partial charge is 0.381 e. The molecule has 2 aromatic rings. The molecule has 94 valence electrons. The molecule has 0 spiro atoms.